The third kappa shape index (κ3) is 5.48. The van der Waals surface area contributed by atoms with Gasteiger partial charge in [0.1, 0.15) is 12.4 Å². The van der Waals surface area contributed by atoms with E-state index in [4.69, 9.17) is 16.3 Å². The van der Waals surface area contributed by atoms with Crippen molar-refractivity contribution in [2.75, 3.05) is 5.75 Å². The van der Waals surface area contributed by atoms with Gasteiger partial charge in [0.05, 0.1) is 12.3 Å². The Morgan fingerprint density at radius 3 is 3.08 bits per heavy atom. The highest BCUT2D eigenvalue weighted by Gasteiger charge is 2.09. The van der Waals surface area contributed by atoms with Crippen LogP contribution in [0.15, 0.2) is 40.9 Å². The van der Waals surface area contributed by atoms with Crippen molar-refractivity contribution in [3.05, 3.63) is 57.0 Å². The van der Waals surface area contributed by atoms with Gasteiger partial charge in [-0.25, -0.2) is 4.98 Å². The quantitative estimate of drug-likeness (QED) is 0.554. The van der Waals surface area contributed by atoms with Crippen LogP contribution in [0.1, 0.15) is 16.3 Å². The number of aromatic nitrogens is 3. The van der Waals surface area contributed by atoms with E-state index in [0.29, 0.717) is 28.3 Å². The molecule has 0 bridgehead atoms. The predicted octanol–water partition coefficient (Wildman–Crippen LogP) is 3.82. The van der Waals surface area contributed by atoms with Crippen molar-refractivity contribution in [1.29, 1.82) is 0 Å². The van der Waals surface area contributed by atoms with Crippen molar-refractivity contribution in [3.8, 4) is 5.75 Å². The van der Waals surface area contributed by atoms with E-state index in [-0.39, 0.29) is 18.3 Å². The first kappa shape index (κ1) is 18.8. The molecule has 0 aliphatic heterocycles. The first-order valence-electron chi connectivity index (χ1n) is 7.82. The first-order valence-corrected chi connectivity index (χ1v) is 10.1. The molecule has 0 radical (unpaired) electrons. The maximum absolute atomic E-state index is 11.9. The highest BCUT2D eigenvalue weighted by molar-refractivity contribution is 7.99. The molecule has 3 aromatic rings. The lowest BCUT2D eigenvalue weighted by Crippen LogP contribution is -2.24. The SMILES string of the molecule is Cc1cc(OCc2nc(SCC(=O)NCc3cccs3)n[nH]2)ccc1Cl. The topological polar surface area (TPSA) is 79.9 Å². The number of rotatable bonds is 8. The van der Waals surface area contributed by atoms with Gasteiger partial charge in [-0.1, -0.05) is 29.4 Å². The Bertz CT molecular complexity index is 868. The molecule has 0 saturated heterocycles. The lowest BCUT2D eigenvalue weighted by molar-refractivity contribution is -0.118. The van der Waals surface area contributed by atoms with Gasteiger partial charge in [-0.3, -0.25) is 9.89 Å². The molecule has 0 aliphatic carbocycles. The van der Waals surface area contributed by atoms with Gasteiger partial charge in [-0.2, -0.15) is 0 Å². The van der Waals surface area contributed by atoms with Crippen LogP contribution in [0, 0.1) is 6.92 Å². The fourth-order valence-corrected chi connectivity index (χ4v) is 3.45. The van der Waals surface area contributed by atoms with Gasteiger partial charge >= 0.3 is 0 Å². The Hall–Kier alpha value is -2.03. The Morgan fingerprint density at radius 2 is 2.31 bits per heavy atom. The summed E-state index contributed by atoms with van der Waals surface area (Å²) in [5.41, 5.74) is 0.951. The van der Waals surface area contributed by atoms with Crippen LogP contribution in [-0.4, -0.2) is 26.8 Å². The standard InChI is InChI=1S/C17H17ClN4O2S2/c1-11-7-12(4-5-14(11)18)24-9-15-20-17(22-21-15)26-10-16(23)19-8-13-3-2-6-25-13/h2-7H,8-10H2,1H3,(H,19,23)(H,20,21,22). The Labute approximate surface area is 164 Å². The summed E-state index contributed by atoms with van der Waals surface area (Å²) < 4.78 is 5.67. The molecular weight excluding hydrogens is 392 g/mol. The van der Waals surface area contributed by atoms with Gasteiger partial charge < -0.3 is 10.1 Å². The van der Waals surface area contributed by atoms with Crippen molar-refractivity contribution in [2.45, 2.75) is 25.2 Å². The first-order chi connectivity index (χ1) is 12.6. The summed E-state index contributed by atoms with van der Waals surface area (Å²) in [6.45, 7) is 2.73. The Kier molecular flexibility index (Phi) is 6.54. The van der Waals surface area contributed by atoms with Crippen LogP contribution in [-0.2, 0) is 17.9 Å². The van der Waals surface area contributed by atoms with Gasteiger partial charge in [0.25, 0.3) is 0 Å². The number of H-pyrrole nitrogens is 1. The summed E-state index contributed by atoms with van der Waals surface area (Å²) >= 11 is 8.89. The lowest BCUT2D eigenvalue weighted by atomic mass is 10.2. The molecule has 26 heavy (non-hydrogen) atoms. The third-order valence-electron chi connectivity index (χ3n) is 3.39. The number of nitrogens with zero attached hydrogens (tertiary/aromatic N) is 2. The van der Waals surface area contributed by atoms with Gasteiger partial charge in [0.2, 0.25) is 11.1 Å². The molecule has 1 aromatic carbocycles. The van der Waals surface area contributed by atoms with E-state index in [0.717, 1.165) is 10.4 Å². The minimum Gasteiger partial charge on any atom is -0.486 e. The molecular formula is C17H17ClN4O2S2. The number of carbonyl (C=O) groups excluding carboxylic acids is 1. The summed E-state index contributed by atoms with van der Waals surface area (Å²) in [6.07, 6.45) is 0. The zero-order valence-corrected chi connectivity index (χ0v) is 16.4. The number of carbonyl (C=O) groups is 1. The molecule has 9 heteroatoms. The van der Waals surface area contributed by atoms with Crippen LogP contribution >= 0.6 is 34.7 Å². The molecule has 0 unspecified atom stereocenters. The minimum absolute atomic E-state index is 0.0531. The Balaban J connectivity index is 1.42. The zero-order chi connectivity index (χ0) is 18.4. The van der Waals surface area contributed by atoms with E-state index >= 15 is 0 Å². The number of aryl methyl sites for hydroxylation is 1. The number of nitrogens with one attached hydrogen (secondary N) is 2. The zero-order valence-electron chi connectivity index (χ0n) is 14.0. The van der Waals surface area contributed by atoms with Crippen molar-refractivity contribution in [1.82, 2.24) is 20.5 Å². The average Bonchev–Trinajstić information content (AvgIpc) is 3.31. The number of amides is 1. The molecule has 0 atom stereocenters. The molecule has 1 amide bonds. The number of hydrogen-bond donors (Lipinski definition) is 2. The van der Waals surface area contributed by atoms with E-state index in [1.807, 2.05) is 30.5 Å². The molecule has 2 aromatic heterocycles. The maximum Gasteiger partial charge on any atom is 0.230 e. The second kappa shape index (κ2) is 9.07. The number of thiophene rings is 1. The van der Waals surface area contributed by atoms with Crippen molar-refractivity contribution in [2.24, 2.45) is 0 Å². The Morgan fingerprint density at radius 1 is 1.42 bits per heavy atom. The second-order valence-corrected chi connectivity index (χ2v) is 7.79. The van der Waals surface area contributed by atoms with Crippen LogP contribution in [0.4, 0.5) is 0 Å². The number of hydrogen-bond acceptors (Lipinski definition) is 6. The molecule has 2 heterocycles. The fourth-order valence-electron chi connectivity index (χ4n) is 2.05. The van der Waals surface area contributed by atoms with E-state index < -0.39 is 0 Å². The van der Waals surface area contributed by atoms with E-state index in [2.05, 4.69) is 20.5 Å². The number of benzene rings is 1. The van der Waals surface area contributed by atoms with Crippen molar-refractivity contribution >= 4 is 40.6 Å². The van der Waals surface area contributed by atoms with E-state index in [1.165, 1.54) is 11.8 Å². The summed E-state index contributed by atoms with van der Waals surface area (Å²) in [7, 11) is 0. The largest absolute Gasteiger partial charge is 0.486 e. The third-order valence-corrected chi connectivity index (χ3v) is 5.54. The van der Waals surface area contributed by atoms with Crippen LogP contribution in [0.2, 0.25) is 5.02 Å². The molecule has 0 spiro atoms. The second-order valence-electron chi connectivity index (χ2n) is 5.41. The van der Waals surface area contributed by atoms with E-state index in [1.54, 1.807) is 23.5 Å². The normalized spacial score (nSPS) is 10.7. The predicted molar refractivity (Wildman–Crippen MR) is 104 cm³/mol. The van der Waals surface area contributed by atoms with E-state index in [9.17, 15) is 4.79 Å². The van der Waals surface area contributed by atoms with Crippen molar-refractivity contribution in [3.63, 3.8) is 0 Å². The molecule has 3 rings (SSSR count). The van der Waals surface area contributed by atoms with Gasteiger partial charge in [0, 0.05) is 9.90 Å². The number of halogens is 1. The van der Waals surface area contributed by atoms with Crippen LogP contribution in [0.25, 0.3) is 0 Å². The van der Waals surface area contributed by atoms with Crippen LogP contribution in [0.3, 0.4) is 0 Å². The smallest absolute Gasteiger partial charge is 0.230 e. The fraction of sp³-hybridized carbons (Fsp3) is 0.235. The molecule has 136 valence electrons. The summed E-state index contributed by atoms with van der Waals surface area (Å²) in [5.74, 6) is 1.52. The number of ether oxygens (including phenoxy) is 1. The van der Waals surface area contributed by atoms with Crippen LogP contribution in [0.5, 0.6) is 5.75 Å². The summed E-state index contributed by atoms with van der Waals surface area (Å²) in [5, 5.41) is 13.0. The lowest BCUT2D eigenvalue weighted by Gasteiger charge is -2.05. The molecule has 2 N–H and O–H groups in total. The average molecular weight is 409 g/mol. The summed E-state index contributed by atoms with van der Waals surface area (Å²) in [4.78, 5) is 17.3. The minimum atomic E-state index is -0.0531. The molecule has 6 nitrogen and oxygen atoms in total. The van der Waals surface area contributed by atoms with Crippen LogP contribution < -0.4 is 10.1 Å². The molecule has 0 saturated carbocycles. The van der Waals surface area contributed by atoms with Crippen molar-refractivity contribution < 1.29 is 9.53 Å². The number of thioether (sulfide) groups is 1. The monoisotopic (exact) mass is 408 g/mol. The van der Waals surface area contributed by atoms with Gasteiger partial charge in [-0.15, -0.1) is 16.4 Å². The molecule has 0 fully saturated rings. The summed E-state index contributed by atoms with van der Waals surface area (Å²) in [6, 6.07) is 9.42. The molecule has 0 aliphatic rings. The van der Waals surface area contributed by atoms with Gasteiger partial charge in [-0.05, 0) is 42.1 Å². The highest BCUT2D eigenvalue weighted by Crippen LogP contribution is 2.21. The number of aromatic amines is 1. The van der Waals surface area contributed by atoms with Gasteiger partial charge in [0.15, 0.2) is 5.82 Å². The highest BCUT2D eigenvalue weighted by atomic mass is 35.5. The maximum atomic E-state index is 11.9.